The zero-order chi connectivity index (χ0) is 13.7. The fourth-order valence-corrected chi connectivity index (χ4v) is 2.57. The Balaban J connectivity index is 1.78. The summed E-state index contributed by atoms with van der Waals surface area (Å²) < 4.78 is 5.64. The van der Waals surface area contributed by atoms with Crippen molar-refractivity contribution in [3.63, 3.8) is 0 Å². The lowest BCUT2D eigenvalue weighted by molar-refractivity contribution is -0.148. The van der Waals surface area contributed by atoms with Crippen LogP contribution in [-0.2, 0) is 4.79 Å². The molecular weight excluding hydrogens is 242 g/mol. The summed E-state index contributed by atoms with van der Waals surface area (Å²) in [5.74, 6) is 0.197. The van der Waals surface area contributed by atoms with E-state index in [0.29, 0.717) is 19.6 Å². The van der Waals surface area contributed by atoms with Gasteiger partial charge in [-0.25, -0.2) is 0 Å². The molecule has 1 heterocycles. The third kappa shape index (κ3) is 3.26. The first kappa shape index (κ1) is 13.9. The van der Waals surface area contributed by atoms with E-state index in [1.54, 1.807) is 0 Å². The van der Waals surface area contributed by atoms with Crippen LogP contribution in [0.15, 0.2) is 30.3 Å². The number of likely N-dealkylation sites (tertiary alicyclic amines) is 1. The van der Waals surface area contributed by atoms with Crippen molar-refractivity contribution in [2.24, 2.45) is 5.41 Å². The molecular formula is C15H21NO3. The third-order valence-electron chi connectivity index (χ3n) is 3.98. The summed E-state index contributed by atoms with van der Waals surface area (Å²) in [5, 5.41) is 9.33. The molecule has 1 aliphatic heterocycles. The standard InChI is InChI=1S/C15H21NO3/c1-2-15(14(17)18)8-9-16(12-15)10-11-19-13-6-4-3-5-7-13/h3-7H,2,8-12H2,1H3,(H,17,18). The van der Waals surface area contributed by atoms with E-state index in [-0.39, 0.29) is 0 Å². The molecule has 0 amide bonds. The maximum absolute atomic E-state index is 11.3. The highest BCUT2D eigenvalue weighted by Crippen LogP contribution is 2.33. The van der Waals surface area contributed by atoms with Crippen molar-refractivity contribution in [1.82, 2.24) is 4.90 Å². The summed E-state index contributed by atoms with van der Waals surface area (Å²) in [6.45, 7) is 4.82. The Labute approximate surface area is 114 Å². The van der Waals surface area contributed by atoms with Crippen LogP contribution < -0.4 is 4.74 Å². The van der Waals surface area contributed by atoms with E-state index in [1.807, 2.05) is 37.3 Å². The smallest absolute Gasteiger partial charge is 0.310 e. The maximum Gasteiger partial charge on any atom is 0.310 e. The lowest BCUT2D eigenvalue weighted by Gasteiger charge is -2.23. The summed E-state index contributed by atoms with van der Waals surface area (Å²) in [7, 11) is 0. The van der Waals surface area contributed by atoms with Crippen LogP contribution in [0.4, 0.5) is 0 Å². The second kappa shape index (κ2) is 6.06. The van der Waals surface area contributed by atoms with Gasteiger partial charge < -0.3 is 9.84 Å². The number of hydrogen-bond donors (Lipinski definition) is 1. The number of aliphatic carboxylic acids is 1. The van der Waals surface area contributed by atoms with Crippen molar-refractivity contribution in [2.75, 3.05) is 26.2 Å². The first-order chi connectivity index (χ1) is 9.16. The van der Waals surface area contributed by atoms with E-state index in [4.69, 9.17) is 4.74 Å². The minimum atomic E-state index is -0.665. The summed E-state index contributed by atoms with van der Waals surface area (Å²) in [5.41, 5.74) is -0.549. The van der Waals surface area contributed by atoms with Crippen molar-refractivity contribution >= 4 is 5.97 Å². The Bertz CT molecular complexity index is 421. The Kier molecular flexibility index (Phi) is 4.43. The van der Waals surface area contributed by atoms with Crippen molar-refractivity contribution in [3.05, 3.63) is 30.3 Å². The van der Waals surface area contributed by atoms with Crippen LogP contribution in [0.1, 0.15) is 19.8 Å². The summed E-state index contributed by atoms with van der Waals surface area (Å²) in [4.78, 5) is 13.5. The maximum atomic E-state index is 11.3. The molecule has 0 spiro atoms. The van der Waals surface area contributed by atoms with Crippen LogP contribution in [0.3, 0.4) is 0 Å². The number of rotatable bonds is 6. The van der Waals surface area contributed by atoms with Gasteiger partial charge in [-0.2, -0.15) is 0 Å². The van der Waals surface area contributed by atoms with Crippen LogP contribution in [0.25, 0.3) is 0 Å². The van der Waals surface area contributed by atoms with Gasteiger partial charge >= 0.3 is 5.97 Å². The molecule has 1 unspecified atom stereocenters. The van der Waals surface area contributed by atoms with Gasteiger partial charge in [0.05, 0.1) is 5.41 Å². The van der Waals surface area contributed by atoms with Gasteiger partial charge in [-0.3, -0.25) is 9.69 Å². The van der Waals surface area contributed by atoms with E-state index < -0.39 is 11.4 Å². The second-order valence-corrected chi connectivity index (χ2v) is 5.13. The first-order valence-corrected chi connectivity index (χ1v) is 6.80. The molecule has 4 nitrogen and oxygen atoms in total. The zero-order valence-corrected chi connectivity index (χ0v) is 11.3. The average Bonchev–Trinajstić information content (AvgIpc) is 2.85. The number of ether oxygens (including phenoxy) is 1. The fraction of sp³-hybridized carbons (Fsp3) is 0.533. The number of carbonyl (C=O) groups is 1. The van der Waals surface area contributed by atoms with Gasteiger partial charge in [0.25, 0.3) is 0 Å². The van der Waals surface area contributed by atoms with Gasteiger partial charge in [0.15, 0.2) is 0 Å². The normalized spacial score (nSPS) is 23.4. The predicted octanol–water partition coefficient (Wildman–Crippen LogP) is 2.25. The summed E-state index contributed by atoms with van der Waals surface area (Å²) in [6, 6.07) is 9.69. The van der Waals surface area contributed by atoms with Crippen molar-refractivity contribution in [3.8, 4) is 5.75 Å². The van der Waals surface area contributed by atoms with Crippen molar-refractivity contribution in [1.29, 1.82) is 0 Å². The molecule has 1 N–H and O–H groups in total. The second-order valence-electron chi connectivity index (χ2n) is 5.13. The molecule has 0 radical (unpaired) electrons. The number of hydrogen-bond acceptors (Lipinski definition) is 3. The van der Waals surface area contributed by atoms with Crippen LogP contribution >= 0.6 is 0 Å². The van der Waals surface area contributed by atoms with Gasteiger partial charge in [0, 0.05) is 13.1 Å². The van der Waals surface area contributed by atoms with Crippen LogP contribution in [-0.4, -0.2) is 42.2 Å². The monoisotopic (exact) mass is 263 g/mol. The molecule has 1 saturated heterocycles. The highest BCUT2D eigenvalue weighted by atomic mass is 16.5. The fourth-order valence-electron chi connectivity index (χ4n) is 2.57. The molecule has 0 saturated carbocycles. The lowest BCUT2D eigenvalue weighted by atomic mass is 9.84. The van der Waals surface area contributed by atoms with Crippen LogP contribution in [0.2, 0.25) is 0 Å². The van der Waals surface area contributed by atoms with Gasteiger partial charge in [-0.1, -0.05) is 25.1 Å². The zero-order valence-electron chi connectivity index (χ0n) is 11.3. The van der Waals surface area contributed by atoms with Gasteiger partial charge in [0.2, 0.25) is 0 Å². The molecule has 104 valence electrons. The molecule has 1 atom stereocenters. The molecule has 2 rings (SSSR count). The van der Waals surface area contributed by atoms with Crippen LogP contribution in [0, 0.1) is 5.41 Å². The SMILES string of the molecule is CCC1(C(=O)O)CCN(CCOc2ccccc2)C1. The largest absolute Gasteiger partial charge is 0.492 e. The lowest BCUT2D eigenvalue weighted by Crippen LogP contribution is -2.35. The molecule has 19 heavy (non-hydrogen) atoms. The number of carboxylic acid groups (broad SMARTS) is 1. The third-order valence-corrected chi connectivity index (χ3v) is 3.98. The first-order valence-electron chi connectivity index (χ1n) is 6.80. The topological polar surface area (TPSA) is 49.8 Å². The molecule has 1 aromatic carbocycles. The van der Waals surface area contributed by atoms with Crippen molar-refractivity contribution < 1.29 is 14.6 Å². The van der Waals surface area contributed by atoms with E-state index in [1.165, 1.54) is 0 Å². The summed E-state index contributed by atoms with van der Waals surface area (Å²) in [6.07, 6.45) is 1.43. The van der Waals surface area contributed by atoms with Crippen LogP contribution in [0.5, 0.6) is 5.75 Å². The van der Waals surface area contributed by atoms with E-state index in [9.17, 15) is 9.90 Å². The average molecular weight is 263 g/mol. The molecule has 0 bridgehead atoms. The highest BCUT2D eigenvalue weighted by molar-refractivity contribution is 5.75. The minimum absolute atomic E-state index is 0.549. The van der Waals surface area contributed by atoms with Crippen molar-refractivity contribution in [2.45, 2.75) is 19.8 Å². The minimum Gasteiger partial charge on any atom is -0.492 e. The number of nitrogens with zero attached hydrogens (tertiary/aromatic N) is 1. The molecule has 0 aromatic heterocycles. The number of carboxylic acids is 1. The Morgan fingerprint density at radius 3 is 2.74 bits per heavy atom. The molecule has 0 aliphatic carbocycles. The van der Waals surface area contributed by atoms with Gasteiger partial charge in [-0.05, 0) is 31.5 Å². The van der Waals surface area contributed by atoms with E-state index in [2.05, 4.69) is 4.90 Å². The molecule has 1 aromatic rings. The quantitative estimate of drug-likeness (QED) is 0.855. The summed E-state index contributed by atoms with van der Waals surface area (Å²) >= 11 is 0. The predicted molar refractivity (Wildman–Crippen MR) is 73.4 cm³/mol. The Morgan fingerprint density at radius 2 is 2.16 bits per heavy atom. The van der Waals surface area contributed by atoms with E-state index >= 15 is 0 Å². The molecule has 4 heteroatoms. The number of para-hydroxylation sites is 1. The molecule has 1 fully saturated rings. The highest BCUT2D eigenvalue weighted by Gasteiger charge is 2.42. The molecule has 1 aliphatic rings. The van der Waals surface area contributed by atoms with Gasteiger partial charge in [0.1, 0.15) is 12.4 Å². The Hall–Kier alpha value is -1.55. The van der Waals surface area contributed by atoms with E-state index in [0.717, 1.165) is 25.3 Å². The van der Waals surface area contributed by atoms with Gasteiger partial charge in [-0.15, -0.1) is 0 Å². The Morgan fingerprint density at radius 1 is 1.42 bits per heavy atom. The number of benzene rings is 1.